The standard InChI is InChI=1S/C31H23N/c32-22-23-15-17-25(18-16-23)27-10-5-12-29(20-27)31-14-6-13-30(21-31)28-11-4-9-26(19-28)24-7-2-1-3-8-24/h1-22,32H. The van der Waals surface area contributed by atoms with Gasteiger partial charge in [0.25, 0.3) is 0 Å². The summed E-state index contributed by atoms with van der Waals surface area (Å²) in [7, 11) is 0. The monoisotopic (exact) mass is 409 g/mol. The number of hydrogen-bond acceptors (Lipinski definition) is 1. The lowest BCUT2D eigenvalue weighted by Crippen LogP contribution is -1.85. The van der Waals surface area contributed by atoms with E-state index in [1.54, 1.807) is 0 Å². The molecule has 1 N–H and O–H groups in total. The first-order valence-electron chi connectivity index (χ1n) is 10.8. The van der Waals surface area contributed by atoms with Crippen molar-refractivity contribution in [2.24, 2.45) is 0 Å². The molecule has 0 aromatic heterocycles. The van der Waals surface area contributed by atoms with Crippen LogP contribution < -0.4 is 0 Å². The average molecular weight is 410 g/mol. The lowest BCUT2D eigenvalue weighted by Gasteiger charge is -2.10. The topological polar surface area (TPSA) is 23.9 Å². The van der Waals surface area contributed by atoms with Crippen molar-refractivity contribution in [2.45, 2.75) is 0 Å². The summed E-state index contributed by atoms with van der Waals surface area (Å²) in [5.41, 5.74) is 10.5. The Morgan fingerprint density at radius 1 is 0.344 bits per heavy atom. The minimum atomic E-state index is 0.912. The molecule has 32 heavy (non-hydrogen) atoms. The minimum absolute atomic E-state index is 0.912. The molecule has 0 atom stereocenters. The molecule has 152 valence electrons. The molecule has 0 saturated heterocycles. The molecule has 5 aromatic rings. The van der Waals surface area contributed by atoms with E-state index in [4.69, 9.17) is 5.41 Å². The predicted octanol–water partition coefficient (Wildman–Crippen LogP) is 8.35. The lowest BCUT2D eigenvalue weighted by molar-refractivity contribution is 1.53. The first-order chi connectivity index (χ1) is 15.8. The highest BCUT2D eigenvalue weighted by Crippen LogP contribution is 2.31. The number of nitrogens with one attached hydrogen (secondary N) is 1. The van der Waals surface area contributed by atoms with Crippen molar-refractivity contribution in [3.63, 3.8) is 0 Å². The third-order valence-electron chi connectivity index (χ3n) is 5.77. The van der Waals surface area contributed by atoms with Gasteiger partial charge in [-0.2, -0.15) is 0 Å². The van der Waals surface area contributed by atoms with Crippen LogP contribution >= 0.6 is 0 Å². The minimum Gasteiger partial charge on any atom is -0.308 e. The molecule has 1 nitrogen and oxygen atoms in total. The molecule has 0 aliphatic heterocycles. The Balaban J connectivity index is 1.49. The Labute approximate surface area is 189 Å². The smallest absolute Gasteiger partial charge is 0.0250 e. The molecule has 0 saturated carbocycles. The number of benzene rings is 5. The van der Waals surface area contributed by atoms with Crippen molar-refractivity contribution in [3.05, 3.63) is 133 Å². The van der Waals surface area contributed by atoms with Gasteiger partial charge in [0.1, 0.15) is 0 Å². The molecule has 0 amide bonds. The fraction of sp³-hybridized carbons (Fsp3) is 0. The third kappa shape index (κ3) is 4.14. The van der Waals surface area contributed by atoms with Crippen LogP contribution in [0.5, 0.6) is 0 Å². The van der Waals surface area contributed by atoms with Gasteiger partial charge in [-0.1, -0.05) is 109 Å². The summed E-state index contributed by atoms with van der Waals surface area (Å²) in [6.45, 7) is 0. The molecule has 0 fully saturated rings. The van der Waals surface area contributed by atoms with Gasteiger partial charge in [-0.05, 0) is 68.3 Å². The molecule has 0 spiro atoms. The Morgan fingerprint density at radius 2 is 0.688 bits per heavy atom. The van der Waals surface area contributed by atoms with Gasteiger partial charge in [0.05, 0.1) is 0 Å². The SMILES string of the molecule is N=Cc1ccc(-c2cccc(-c3cccc(-c4cccc(-c5ccccc5)c4)c3)c2)cc1. The third-order valence-corrected chi connectivity index (χ3v) is 5.77. The largest absolute Gasteiger partial charge is 0.308 e. The van der Waals surface area contributed by atoms with E-state index in [2.05, 4.69) is 109 Å². The maximum absolute atomic E-state index is 7.39. The Kier molecular flexibility index (Phi) is 5.47. The number of hydrogen-bond donors (Lipinski definition) is 1. The fourth-order valence-corrected chi connectivity index (χ4v) is 4.04. The summed E-state index contributed by atoms with van der Waals surface area (Å²) in [4.78, 5) is 0. The summed E-state index contributed by atoms with van der Waals surface area (Å²) in [5, 5.41) is 7.39. The Bertz CT molecular complexity index is 1370. The van der Waals surface area contributed by atoms with Crippen LogP contribution in [0.25, 0.3) is 44.5 Å². The second-order valence-electron chi connectivity index (χ2n) is 7.87. The van der Waals surface area contributed by atoms with E-state index < -0.39 is 0 Å². The van der Waals surface area contributed by atoms with Gasteiger partial charge >= 0.3 is 0 Å². The Morgan fingerprint density at radius 3 is 1.09 bits per heavy atom. The van der Waals surface area contributed by atoms with Crippen LogP contribution in [0, 0.1) is 5.41 Å². The average Bonchev–Trinajstić information content (AvgIpc) is 2.89. The molecule has 0 heterocycles. The predicted molar refractivity (Wildman–Crippen MR) is 136 cm³/mol. The van der Waals surface area contributed by atoms with E-state index in [0.717, 1.165) is 11.1 Å². The maximum Gasteiger partial charge on any atom is 0.0250 e. The van der Waals surface area contributed by atoms with Gasteiger partial charge in [-0.15, -0.1) is 0 Å². The van der Waals surface area contributed by atoms with Crippen LogP contribution in [-0.4, -0.2) is 6.21 Å². The lowest BCUT2D eigenvalue weighted by atomic mass is 9.95. The first-order valence-corrected chi connectivity index (χ1v) is 10.8. The van der Waals surface area contributed by atoms with Crippen molar-refractivity contribution < 1.29 is 0 Å². The molecule has 1 heteroatoms. The maximum atomic E-state index is 7.39. The van der Waals surface area contributed by atoms with E-state index >= 15 is 0 Å². The van der Waals surface area contributed by atoms with Crippen LogP contribution in [0.1, 0.15) is 5.56 Å². The molecule has 5 aromatic carbocycles. The van der Waals surface area contributed by atoms with Crippen molar-refractivity contribution in [3.8, 4) is 44.5 Å². The van der Waals surface area contributed by atoms with E-state index in [0.29, 0.717) is 0 Å². The summed E-state index contributed by atoms with van der Waals surface area (Å²) in [6, 6.07) is 44.7. The highest BCUT2D eigenvalue weighted by Gasteiger charge is 2.06. The van der Waals surface area contributed by atoms with Crippen LogP contribution in [0.3, 0.4) is 0 Å². The van der Waals surface area contributed by atoms with Gasteiger partial charge < -0.3 is 5.41 Å². The van der Waals surface area contributed by atoms with Crippen LogP contribution in [-0.2, 0) is 0 Å². The Hall–Kier alpha value is -4.23. The molecule has 0 aliphatic rings. The molecular formula is C31H23N. The van der Waals surface area contributed by atoms with Gasteiger partial charge in [-0.25, -0.2) is 0 Å². The summed E-state index contributed by atoms with van der Waals surface area (Å²) < 4.78 is 0. The summed E-state index contributed by atoms with van der Waals surface area (Å²) in [5.74, 6) is 0. The van der Waals surface area contributed by atoms with Crippen molar-refractivity contribution in [2.75, 3.05) is 0 Å². The van der Waals surface area contributed by atoms with Crippen LogP contribution in [0.15, 0.2) is 127 Å². The number of rotatable bonds is 5. The van der Waals surface area contributed by atoms with Gasteiger partial charge in [0.15, 0.2) is 0 Å². The van der Waals surface area contributed by atoms with Gasteiger partial charge in [0, 0.05) is 6.21 Å². The summed E-state index contributed by atoms with van der Waals surface area (Å²) in [6.07, 6.45) is 1.37. The fourth-order valence-electron chi connectivity index (χ4n) is 4.04. The van der Waals surface area contributed by atoms with Crippen LogP contribution in [0.4, 0.5) is 0 Å². The second-order valence-corrected chi connectivity index (χ2v) is 7.87. The quantitative estimate of drug-likeness (QED) is 0.282. The van der Waals surface area contributed by atoms with E-state index in [9.17, 15) is 0 Å². The molecule has 0 bridgehead atoms. The van der Waals surface area contributed by atoms with E-state index in [1.165, 1.54) is 45.2 Å². The van der Waals surface area contributed by atoms with Crippen molar-refractivity contribution >= 4 is 6.21 Å². The van der Waals surface area contributed by atoms with Crippen molar-refractivity contribution in [1.82, 2.24) is 0 Å². The van der Waals surface area contributed by atoms with E-state index in [-0.39, 0.29) is 0 Å². The van der Waals surface area contributed by atoms with Gasteiger partial charge in [0.2, 0.25) is 0 Å². The second kappa shape index (κ2) is 8.87. The molecule has 0 aliphatic carbocycles. The zero-order valence-corrected chi connectivity index (χ0v) is 17.7. The molecular weight excluding hydrogens is 386 g/mol. The summed E-state index contributed by atoms with van der Waals surface area (Å²) >= 11 is 0. The zero-order valence-electron chi connectivity index (χ0n) is 17.7. The normalized spacial score (nSPS) is 10.6. The molecule has 0 unspecified atom stereocenters. The molecule has 5 rings (SSSR count). The highest BCUT2D eigenvalue weighted by atomic mass is 14.3. The van der Waals surface area contributed by atoms with E-state index in [1.807, 2.05) is 18.2 Å². The highest BCUT2D eigenvalue weighted by molar-refractivity contribution is 5.81. The zero-order chi connectivity index (χ0) is 21.8. The van der Waals surface area contributed by atoms with Crippen molar-refractivity contribution in [1.29, 1.82) is 5.41 Å². The van der Waals surface area contributed by atoms with Crippen LogP contribution in [0.2, 0.25) is 0 Å². The first kappa shape index (κ1) is 19.7. The molecule has 0 radical (unpaired) electrons. The van der Waals surface area contributed by atoms with Gasteiger partial charge in [-0.3, -0.25) is 0 Å².